The van der Waals surface area contributed by atoms with Crippen LogP contribution in [0.1, 0.15) is 51.0 Å². The van der Waals surface area contributed by atoms with Crippen LogP contribution in [-0.2, 0) is 14.3 Å². The molecule has 0 unspecified atom stereocenters. The molecule has 152 valence electrons. The van der Waals surface area contributed by atoms with E-state index in [9.17, 15) is 9.59 Å². The van der Waals surface area contributed by atoms with Gasteiger partial charge in [0.2, 0.25) is 0 Å². The third-order valence-corrected chi connectivity index (χ3v) is 5.69. The summed E-state index contributed by atoms with van der Waals surface area (Å²) in [6.07, 6.45) is 7.34. The van der Waals surface area contributed by atoms with E-state index >= 15 is 0 Å². The molecule has 1 fully saturated rings. The van der Waals surface area contributed by atoms with Crippen molar-refractivity contribution in [2.45, 2.75) is 45.4 Å². The third-order valence-electron chi connectivity index (χ3n) is 4.31. The number of benzene rings is 1. The van der Waals surface area contributed by atoms with Crippen molar-refractivity contribution >= 4 is 46.3 Å². The molecule has 1 aliphatic rings. The van der Waals surface area contributed by atoms with Crippen molar-refractivity contribution in [3.05, 3.63) is 34.7 Å². The van der Waals surface area contributed by atoms with E-state index in [1.165, 1.54) is 38.1 Å². The Morgan fingerprint density at radius 2 is 1.93 bits per heavy atom. The Kier molecular flexibility index (Phi) is 9.50. The minimum atomic E-state index is -0.284. The normalized spacial score (nSPS) is 15.4. The first kappa shape index (κ1) is 22.4. The van der Waals surface area contributed by atoms with Crippen molar-refractivity contribution in [2.75, 3.05) is 20.3 Å². The van der Waals surface area contributed by atoms with Gasteiger partial charge in [-0.2, -0.15) is 0 Å². The maximum absolute atomic E-state index is 12.6. The summed E-state index contributed by atoms with van der Waals surface area (Å²) in [4.78, 5) is 25.9. The van der Waals surface area contributed by atoms with Crippen LogP contribution in [0.15, 0.2) is 29.2 Å². The lowest BCUT2D eigenvalue weighted by atomic mass is 10.2. The average Bonchev–Trinajstić information content (AvgIpc) is 2.96. The molecule has 1 heterocycles. The highest BCUT2D eigenvalue weighted by atomic mass is 32.2. The molecule has 2 rings (SSSR count). The Hall–Kier alpha value is -1.86. The third kappa shape index (κ3) is 6.95. The molecule has 5 nitrogen and oxygen atoms in total. The standard InChI is InChI=1S/C21H27NO4S2/c1-3-4-5-6-14-26-17-11-9-16(10-12-17)15-18-20(24)22(21(27)28-18)13-7-8-19(23)25-2/h9-12,15H,3-8,13-14H2,1-2H3/b18-15-. The fraction of sp³-hybridized carbons (Fsp3) is 0.476. The number of thioether (sulfide) groups is 1. The molecule has 0 spiro atoms. The quantitative estimate of drug-likeness (QED) is 0.221. The van der Waals surface area contributed by atoms with Gasteiger partial charge in [-0.3, -0.25) is 14.5 Å². The molecule has 1 aromatic rings. The van der Waals surface area contributed by atoms with Gasteiger partial charge >= 0.3 is 5.97 Å². The SMILES string of the molecule is CCCCCCOc1ccc(/C=C2\SC(=S)N(CCCC(=O)OC)C2=O)cc1. The van der Waals surface area contributed by atoms with E-state index < -0.39 is 0 Å². The molecule has 7 heteroatoms. The van der Waals surface area contributed by atoms with Gasteiger partial charge in [0.15, 0.2) is 0 Å². The number of hydrogen-bond acceptors (Lipinski definition) is 6. The lowest BCUT2D eigenvalue weighted by Crippen LogP contribution is -2.29. The largest absolute Gasteiger partial charge is 0.494 e. The van der Waals surface area contributed by atoms with Gasteiger partial charge in [0, 0.05) is 13.0 Å². The fourth-order valence-electron chi connectivity index (χ4n) is 2.71. The maximum Gasteiger partial charge on any atom is 0.305 e. The molecule has 1 amide bonds. The van der Waals surface area contributed by atoms with Crippen LogP contribution >= 0.6 is 24.0 Å². The highest BCUT2D eigenvalue weighted by Gasteiger charge is 2.31. The Labute approximate surface area is 176 Å². The molecule has 0 aliphatic carbocycles. The second-order valence-electron chi connectivity index (χ2n) is 6.49. The summed E-state index contributed by atoms with van der Waals surface area (Å²) in [6, 6.07) is 7.71. The summed E-state index contributed by atoms with van der Waals surface area (Å²) < 4.78 is 10.9. The predicted molar refractivity (Wildman–Crippen MR) is 117 cm³/mol. The minimum Gasteiger partial charge on any atom is -0.494 e. The number of amides is 1. The first-order valence-electron chi connectivity index (χ1n) is 9.60. The summed E-state index contributed by atoms with van der Waals surface area (Å²) in [5.41, 5.74) is 0.924. The number of carbonyl (C=O) groups is 2. The van der Waals surface area contributed by atoms with Gasteiger partial charge in [-0.1, -0.05) is 62.3 Å². The van der Waals surface area contributed by atoms with Crippen LogP contribution in [0.25, 0.3) is 6.08 Å². The smallest absolute Gasteiger partial charge is 0.305 e. The number of ether oxygens (including phenoxy) is 2. The van der Waals surface area contributed by atoms with E-state index in [1.54, 1.807) is 4.90 Å². The Morgan fingerprint density at radius 3 is 2.61 bits per heavy atom. The molecular formula is C21H27NO4S2. The summed E-state index contributed by atoms with van der Waals surface area (Å²) in [5.74, 6) is 0.439. The van der Waals surface area contributed by atoms with Crippen LogP contribution in [0.4, 0.5) is 0 Å². The zero-order chi connectivity index (χ0) is 20.4. The van der Waals surface area contributed by atoms with E-state index in [-0.39, 0.29) is 18.3 Å². The molecule has 0 atom stereocenters. The number of esters is 1. The Bertz CT molecular complexity index is 716. The second kappa shape index (κ2) is 11.9. The monoisotopic (exact) mass is 421 g/mol. The van der Waals surface area contributed by atoms with Gasteiger partial charge in [0.1, 0.15) is 10.1 Å². The molecule has 1 saturated heterocycles. The van der Waals surface area contributed by atoms with E-state index in [0.717, 1.165) is 24.3 Å². The first-order chi connectivity index (χ1) is 13.5. The van der Waals surface area contributed by atoms with Gasteiger partial charge in [0.25, 0.3) is 5.91 Å². The van der Waals surface area contributed by atoms with Crippen molar-refractivity contribution in [3.8, 4) is 5.75 Å². The number of carbonyl (C=O) groups excluding carboxylic acids is 2. The van der Waals surface area contributed by atoms with E-state index in [4.69, 9.17) is 17.0 Å². The number of methoxy groups -OCH3 is 1. The molecule has 1 aromatic carbocycles. The van der Waals surface area contributed by atoms with Crippen molar-refractivity contribution in [2.24, 2.45) is 0 Å². The van der Waals surface area contributed by atoms with Gasteiger partial charge in [-0.25, -0.2) is 0 Å². The molecular weight excluding hydrogens is 394 g/mol. The first-order valence-corrected chi connectivity index (χ1v) is 10.8. The molecule has 0 radical (unpaired) electrons. The lowest BCUT2D eigenvalue weighted by Gasteiger charge is -2.13. The number of nitrogens with zero attached hydrogens (tertiary/aromatic N) is 1. The van der Waals surface area contributed by atoms with E-state index in [0.29, 0.717) is 22.2 Å². The Balaban J connectivity index is 1.87. The van der Waals surface area contributed by atoms with Gasteiger partial charge in [-0.15, -0.1) is 0 Å². The number of hydrogen-bond donors (Lipinski definition) is 0. The van der Waals surface area contributed by atoms with Crippen molar-refractivity contribution in [1.82, 2.24) is 4.90 Å². The highest BCUT2D eigenvalue weighted by molar-refractivity contribution is 8.26. The number of rotatable bonds is 11. The van der Waals surface area contributed by atoms with E-state index in [1.807, 2.05) is 30.3 Å². The van der Waals surface area contributed by atoms with Crippen LogP contribution in [0, 0.1) is 0 Å². The maximum atomic E-state index is 12.6. The molecule has 0 aromatic heterocycles. The predicted octanol–water partition coefficient (Wildman–Crippen LogP) is 4.80. The van der Waals surface area contributed by atoms with Crippen molar-refractivity contribution in [1.29, 1.82) is 0 Å². The van der Waals surface area contributed by atoms with Crippen LogP contribution in [0.5, 0.6) is 5.75 Å². The molecule has 28 heavy (non-hydrogen) atoms. The Morgan fingerprint density at radius 1 is 1.18 bits per heavy atom. The molecule has 1 aliphatic heterocycles. The molecule has 0 N–H and O–H groups in total. The number of thiocarbonyl (C=S) groups is 1. The van der Waals surface area contributed by atoms with Crippen LogP contribution in [-0.4, -0.2) is 41.4 Å². The van der Waals surface area contributed by atoms with E-state index in [2.05, 4.69) is 11.7 Å². The fourth-order valence-corrected chi connectivity index (χ4v) is 4.02. The zero-order valence-electron chi connectivity index (χ0n) is 16.4. The van der Waals surface area contributed by atoms with Crippen LogP contribution in [0.3, 0.4) is 0 Å². The number of unbranched alkanes of at least 4 members (excludes halogenated alkanes) is 3. The molecule has 0 saturated carbocycles. The van der Waals surface area contributed by atoms with Crippen molar-refractivity contribution in [3.63, 3.8) is 0 Å². The minimum absolute atomic E-state index is 0.115. The van der Waals surface area contributed by atoms with Gasteiger partial charge < -0.3 is 9.47 Å². The van der Waals surface area contributed by atoms with Crippen molar-refractivity contribution < 1.29 is 19.1 Å². The van der Waals surface area contributed by atoms with Crippen LogP contribution in [0.2, 0.25) is 0 Å². The summed E-state index contributed by atoms with van der Waals surface area (Å²) in [5, 5.41) is 0. The lowest BCUT2D eigenvalue weighted by molar-refractivity contribution is -0.141. The van der Waals surface area contributed by atoms with Crippen LogP contribution < -0.4 is 4.74 Å². The second-order valence-corrected chi connectivity index (χ2v) is 8.17. The highest BCUT2D eigenvalue weighted by Crippen LogP contribution is 2.33. The summed E-state index contributed by atoms with van der Waals surface area (Å²) >= 11 is 6.60. The summed E-state index contributed by atoms with van der Waals surface area (Å²) in [7, 11) is 1.35. The van der Waals surface area contributed by atoms with Gasteiger partial charge in [0.05, 0.1) is 18.6 Å². The average molecular weight is 422 g/mol. The molecule has 0 bridgehead atoms. The summed E-state index contributed by atoms with van der Waals surface area (Å²) in [6.45, 7) is 3.33. The zero-order valence-corrected chi connectivity index (χ0v) is 18.1. The van der Waals surface area contributed by atoms with Gasteiger partial charge in [-0.05, 0) is 36.6 Å². The topological polar surface area (TPSA) is 55.8 Å².